The lowest BCUT2D eigenvalue weighted by Gasteiger charge is -2.39. The molecule has 0 N–H and O–H groups in total. The van der Waals surface area contributed by atoms with Gasteiger partial charge in [-0.1, -0.05) is 20.8 Å². The van der Waals surface area contributed by atoms with Gasteiger partial charge in [0, 0.05) is 18.6 Å². The molecule has 0 aromatic heterocycles. The molecule has 0 amide bonds. The molecular weight excluding hydrogens is 317 g/mol. The van der Waals surface area contributed by atoms with Gasteiger partial charge in [-0.2, -0.15) is 0 Å². The minimum atomic E-state index is -4.55. The van der Waals surface area contributed by atoms with Crippen LogP contribution in [0.1, 0.15) is 12.8 Å². The van der Waals surface area contributed by atoms with Crippen LogP contribution in [0.3, 0.4) is 0 Å². The third-order valence-electron chi connectivity index (χ3n) is 3.12. The van der Waals surface area contributed by atoms with Gasteiger partial charge in [0.1, 0.15) is 0 Å². The number of rotatable bonds is 12. The van der Waals surface area contributed by atoms with Crippen LogP contribution >= 0.6 is 7.60 Å². The first-order valence-electron chi connectivity index (χ1n) is 6.55. The second-order valence-corrected chi connectivity index (χ2v) is 8.23. The standard InChI is InChI=1S/C12H24NO6PS/c1-3-7-13(8-4-2,9-5-11-20(14,15)16)10-6-12-21(17,18)19/h3-4H,1-2,5-12H2,(H2-,14,15,16,17,18,19)/p-2. The molecule has 0 atom stereocenters. The molecule has 0 bridgehead atoms. The molecule has 21 heavy (non-hydrogen) atoms. The fourth-order valence-electron chi connectivity index (χ4n) is 2.28. The van der Waals surface area contributed by atoms with Gasteiger partial charge in [0.15, 0.2) is 0 Å². The van der Waals surface area contributed by atoms with Crippen LogP contribution in [0.5, 0.6) is 0 Å². The fraction of sp³-hybridized carbons (Fsp3) is 0.667. The molecule has 0 aromatic rings. The summed E-state index contributed by atoms with van der Waals surface area (Å²) in [6.45, 7) is 8.98. The minimum Gasteiger partial charge on any atom is -0.811 e. The molecule has 0 aliphatic rings. The molecule has 0 unspecified atom stereocenters. The van der Waals surface area contributed by atoms with Crippen molar-refractivity contribution in [3.63, 3.8) is 0 Å². The largest absolute Gasteiger partial charge is 0.811 e. The summed E-state index contributed by atoms with van der Waals surface area (Å²) in [4.78, 5) is 21.4. The molecule has 0 saturated heterocycles. The zero-order valence-electron chi connectivity index (χ0n) is 12.0. The molecule has 0 heterocycles. The minimum absolute atomic E-state index is 0.167. The first-order chi connectivity index (χ1) is 9.54. The SMILES string of the molecule is C=CC[N+](CC=C)(CCCP(=O)([O-])[O-])CCCS(=O)(=O)[O-]. The summed E-state index contributed by atoms with van der Waals surface area (Å²) in [7, 11) is -8.83. The van der Waals surface area contributed by atoms with Gasteiger partial charge in [-0.25, -0.2) is 8.42 Å². The summed E-state index contributed by atoms with van der Waals surface area (Å²) in [5.74, 6) is -0.469. The van der Waals surface area contributed by atoms with Crippen molar-refractivity contribution in [3.8, 4) is 0 Å². The van der Waals surface area contributed by atoms with Crippen LogP contribution in [0.4, 0.5) is 0 Å². The molecule has 0 fully saturated rings. The maximum absolute atomic E-state index is 10.7. The van der Waals surface area contributed by atoms with Gasteiger partial charge in [0.2, 0.25) is 0 Å². The first kappa shape index (κ1) is 20.5. The highest BCUT2D eigenvalue weighted by Crippen LogP contribution is 2.25. The van der Waals surface area contributed by atoms with Crippen molar-refractivity contribution in [2.45, 2.75) is 12.8 Å². The molecule has 0 saturated carbocycles. The monoisotopic (exact) mass is 339 g/mol. The smallest absolute Gasteiger partial charge is 0.0973 e. The Kier molecular flexibility index (Phi) is 8.61. The molecule has 0 aliphatic heterocycles. The van der Waals surface area contributed by atoms with Crippen molar-refractivity contribution in [1.29, 1.82) is 0 Å². The predicted molar refractivity (Wildman–Crippen MR) is 76.4 cm³/mol. The van der Waals surface area contributed by atoms with E-state index in [4.69, 9.17) is 0 Å². The summed E-state index contributed by atoms with van der Waals surface area (Å²) in [5, 5.41) is 0. The lowest BCUT2D eigenvalue weighted by atomic mass is 10.2. The van der Waals surface area contributed by atoms with E-state index in [1.165, 1.54) is 0 Å². The van der Waals surface area contributed by atoms with E-state index in [1.54, 1.807) is 12.2 Å². The second-order valence-electron chi connectivity index (χ2n) is 5.03. The molecule has 124 valence electrons. The molecule has 0 aliphatic carbocycles. The summed E-state index contributed by atoms with van der Waals surface area (Å²) in [6, 6.07) is 0. The van der Waals surface area contributed by atoms with Gasteiger partial charge >= 0.3 is 0 Å². The Hall–Kier alpha value is -0.500. The topological polar surface area (TPSA) is 120 Å². The van der Waals surface area contributed by atoms with Crippen LogP contribution in [-0.2, 0) is 14.7 Å². The Morgan fingerprint density at radius 2 is 1.52 bits per heavy atom. The lowest BCUT2D eigenvalue weighted by Crippen LogP contribution is -2.50. The third-order valence-corrected chi connectivity index (χ3v) is 4.78. The maximum atomic E-state index is 10.7. The summed E-state index contributed by atoms with van der Waals surface area (Å²) in [6.07, 6.45) is 3.18. The van der Waals surface area contributed by atoms with E-state index in [-0.39, 0.29) is 12.8 Å². The van der Waals surface area contributed by atoms with Crippen LogP contribution in [0.2, 0.25) is 0 Å². The van der Waals surface area contributed by atoms with E-state index in [1.807, 2.05) is 0 Å². The van der Waals surface area contributed by atoms with E-state index >= 15 is 0 Å². The van der Waals surface area contributed by atoms with Crippen molar-refractivity contribution < 1.29 is 31.8 Å². The van der Waals surface area contributed by atoms with E-state index < -0.39 is 29.6 Å². The molecule has 7 nitrogen and oxygen atoms in total. The van der Waals surface area contributed by atoms with Gasteiger partial charge in [0.25, 0.3) is 0 Å². The van der Waals surface area contributed by atoms with Gasteiger partial charge in [0.05, 0.1) is 36.3 Å². The molecule has 0 aromatic carbocycles. The van der Waals surface area contributed by atoms with E-state index in [0.717, 1.165) is 0 Å². The molecule has 0 radical (unpaired) electrons. The van der Waals surface area contributed by atoms with Gasteiger partial charge in [-0.15, -0.1) is 0 Å². The van der Waals surface area contributed by atoms with Crippen LogP contribution in [0, 0.1) is 0 Å². The summed E-state index contributed by atoms with van der Waals surface area (Å²) >= 11 is 0. The Balaban J connectivity index is 4.76. The molecule has 0 spiro atoms. The highest BCUT2D eigenvalue weighted by Gasteiger charge is 2.24. The zero-order valence-corrected chi connectivity index (χ0v) is 13.7. The van der Waals surface area contributed by atoms with Crippen molar-refractivity contribution in [2.75, 3.05) is 38.1 Å². The number of hydrogen-bond donors (Lipinski definition) is 0. The first-order valence-corrected chi connectivity index (χ1v) is 9.86. The summed E-state index contributed by atoms with van der Waals surface area (Å²) < 4.78 is 43.0. The highest BCUT2D eigenvalue weighted by atomic mass is 32.2. The highest BCUT2D eigenvalue weighted by molar-refractivity contribution is 7.85. The Bertz CT molecular complexity index is 474. The Morgan fingerprint density at radius 3 is 1.90 bits per heavy atom. The van der Waals surface area contributed by atoms with Crippen molar-refractivity contribution in [3.05, 3.63) is 25.3 Å². The Labute approximate surface area is 126 Å². The van der Waals surface area contributed by atoms with E-state index in [0.29, 0.717) is 30.7 Å². The van der Waals surface area contributed by atoms with E-state index in [9.17, 15) is 27.3 Å². The number of quaternary nitrogens is 1. The molecule has 9 heteroatoms. The van der Waals surface area contributed by atoms with Crippen LogP contribution in [-0.4, -0.2) is 55.5 Å². The van der Waals surface area contributed by atoms with Crippen molar-refractivity contribution in [2.24, 2.45) is 0 Å². The second kappa shape index (κ2) is 8.82. The Morgan fingerprint density at radius 1 is 1.05 bits per heavy atom. The van der Waals surface area contributed by atoms with Gasteiger partial charge < -0.3 is 23.4 Å². The normalized spacial score (nSPS) is 13.1. The molecule has 0 rings (SSSR count). The van der Waals surface area contributed by atoms with Crippen LogP contribution in [0.15, 0.2) is 25.3 Å². The van der Waals surface area contributed by atoms with Crippen LogP contribution < -0.4 is 9.79 Å². The molecular formula is C12H22NO6PS-2. The summed E-state index contributed by atoms with van der Waals surface area (Å²) in [5.41, 5.74) is 0. The van der Waals surface area contributed by atoms with Gasteiger partial charge in [-0.05, 0) is 18.3 Å². The average molecular weight is 339 g/mol. The van der Waals surface area contributed by atoms with Crippen molar-refractivity contribution >= 4 is 17.7 Å². The zero-order chi connectivity index (χ0) is 16.6. The third kappa shape index (κ3) is 10.8. The number of nitrogens with zero attached hydrogens (tertiary/aromatic N) is 1. The van der Waals surface area contributed by atoms with Crippen LogP contribution in [0.25, 0.3) is 0 Å². The van der Waals surface area contributed by atoms with Crippen molar-refractivity contribution in [1.82, 2.24) is 0 Å². The predicted octanol–water partition coefficient (Wildman–Crippen LogP) is -0.586. The fourth-order valence-corrected chi connectivity index (χ4v) is 3.29. The maximum Gasteiger partial charge on any atom is 0.0973 e. The van der Waals surface area contributed by atoms with E-state index in [2.05, 4.69) is 13.2 Å². The van der Waals surface area contributed by atoms with Gasteiger partial charge in [-0.3, -0.25) is 0 Å². The average Bonchev–Trinajstić information content (AvgIpc) is 2.26. The lowest BCUT2D eigenvalue weighted by molar-refractivity contribution is -0.917. The number of hydrogen-bond acceptors (Lipinski definition) is 6. The quantitative estimate of drug-likeness (QED) is 0.203.